The smallest absolute Gasteiger partial charge is 0.181 e. The van der Waals surface area contributed by atoms with Crippen molar-refractivity contribution in [3.8, 4) is 0 Å². The fourth-order valence-corrected chi connectivity index (χ4v) is 1.93. The molecule has 0 aliphatic carbocycles. The molecule has 0 saturated carbocycles. The first-order chi connectivity index (χ1) is 8.36. The van der Waals surface area contributed by atoms with E-state index in [-0.39, 0.29) is 18.2 Å². The van der Waals surface area contributed by atoms with Gasteiger partial charge < -0.3 is 5.32 Å². The highest BCUT2D eigenvalue weighted by Gasteiger charge is 2.07. The van der Waals surface area contributed by atoms with E-state index in [1.807, 2.05) is 30.3 Å². The first-order valence-corrected chi connectivity index (χ1v) is 6.22. The third-order valence-electron chi connectivity index (χ3n) is 2.92. The van der Waals surface area contributed by atoms with Gasteiger partial charge in [-0.3, -0.25) is 9.79 Å². The zero-order valence-corrected chi connectivity index (χ0v) is 11.2. The minimum Gasteiger partial charge on any atom is -0.366 e. The van der Waals surface area contributed by atoms with Crippen molar-refractivity contribution in [3.05, 3.63) is 35.9 Å². The summed E-state index contributed by atoms with van der Waals surface area (Å²) in [5.74, 6) is 1.12. The summed E-state index contributed by atoms with van der Waals surface area (Å²) >= 11 is 0. The highest BCUT2D eigenvalue weighted by atomic mass is 35.5. The van der Waals surface area contributed by atoms with Gasteiger partial charge in [0.15, 0.2) is 5.78 Å². The van der Waals surface area contributed by atoms with E-state index in [9.17, 15) is 4.79 Å². The summed E-state index contributed by atoms with van der Waals surface area (Å²) in [5.41, 5.74) is 0.759. The lowest BCUT2D eigenvalue weighted by molar-refractivity contribution is 0.0996. The van der Waals surface area contributed by atoms with Gasteiger partial charge in [0.1, 0.15) is 0 Å². The zero-order valence-electron chi connectivity index (χ0n) is 10.4. The Morgan fingerprint density at radius 1 is 1.17 bits per heavy atom. The number of nitrogens with one attached hydrogen (secondary N) is 1. The third kappa shape index (κ3) is 4.49. The van der Waals surface area contributed by atoms with E-state index in [2.05, 4.69) is 10.3 Å². The van der Waals surface area contributed by atoms with Gasteiger partial charge in [0.05, 0.1) is 12.4 Å². The number of hydrogen-bond acceptors (Lipinski definition) is 3. The molecule has 0 spiro atoms. The van der Waals surface area contributed by atoms with Gasteiger partial charge in [-0.2, -0.15) is 0 Å². The van der Waals surface area contributed by atoms with E-state index >= 15 is 0 Å². The van der Waals surface area contributed by atoms with Crippen molar-refractivity contribution in [2.24, 2.45) is 4.99 Å². The first kappa shape index (κ1) is 14.7. The Morgan fingerprint density at radius 3 is 2.72 bits per heavy atom. The van der Waals surface area contributed by atoms with Crippen LogP contribution in [0.15, 0.2) is 35.3 Å². The molecule has 0 saturated heterocycles. The van der Waals surface area contributed by atoms with E-state index in [0.717, 1.165) is 30.8 Å². The van der Waals surface area contributed by atoms with E-state index in [0.29, 0.717) is 6.54 Å². The van der Waals surface area contributed by atoms with E-state index in [4.69, 9.17) is 0 Å². The molecule has 0 atom stereocenters. The molecule has 18 heavy (non-hydrogen) atoms. The highest BCUT2D eigenvalue weighted by Crippen LogP contribution is 2.06. The highest BCUT2D eigenvalue weighted by molar-refractivity contribution is 5.99. The zero-order chi connectivity index (χ0) is 11.9. The second-order valence-corrected chi connectivity index (χ2v) is 4.28. The SMILES string of the molecule is Cl.O=C(CNC1=NCCCCC1)c1ccccc1. The molecule has 0 bridgehead atoms. The maximum Gasteiger partial charge on any atom is 0.181 e. The van der Waals surface area contributed by atoms with Crippen molar-refractivity contribution in [2.75, 3.05) is 13.1 Å². The van der Waals surface area contributed by atoms with Crippen molar-refractivity contribution in [1.82, 2.24) is 5.32 Å². The second-order valence-electron chi connectivity index (χ2n) is 4.28. The molecular weight excluding hydrogens is 248 g/mol. The van der Waals surface area contributed by atoms with Gasteiger partial charge in [-0.25, -0.2) is 0 Å². The standard InChI is InChI=1S/C14H18N2O.ClH/c17-13(12-7-3-1-4-8-12)11-16-14-9-5-2-6-10-15-14;/h1,3-4,7-8H,2,5-6,9-11H2,(H,15,16);1H. The van der Waals surface area contributed by atoms with Crippen molar-refractivity contribution in [2.45, 2.75) is 25.7 Å². The van der Waals surface area contributed by atoms with Crippen LogP contribution in [-0.2, 0) is 0 Å². The molecule has 0 fully saturated rings. The number of rotatable bonds is 3. The lowest BCUT2D eigenvalue weighted by Crippen LogP contribution is -2.29. The predicted molar refractivity (Wildman–Crippen MR) is 76.8 cm³/mol. The molecule has 0 aromatic heterocycles. The van der Waals surface area contributed by atoms with Crippen LogP contribution in [0.4, 0.5) is 0 Å². The number of carbonyl (C=O) groups is 1. The van der Waals surface area contributed by atoms with Crippen molar-refractivity contribution in [1.29, 1.82) is 0 Å². The number of amidine groups is 1. The Hall–Kier alpha value is -1.35. The normalized spacial score (nSPS) is 15.0. The van der Waals surface area contributed by atoms with E-state index < -0.39 is 0 Å². The van der Waals surface area contributed by atoms with Crippen molar-refractivity contribution in [3.63, 3.8) is 0 Å². The Balaban J connectivity index is 0.00000162. The lowest BCUT2D eigenvalue weighted by atomic mass is 10.1. The van der Waals surface area contributed by atoms with Crippen LogP contribution >= 0.6 is 12.4 Å². The number of nitrogens with zero attached hydrogens (tertiary/aromatic N) is 1. The summed E-state index contributed by atoms with van der Waals surface area (Å²) < 4.78 is 0. The minimum atomic E-state index is 0. The Labute approximate surface area is 114 Å². The van der Waals surface area contributed by atoms with Crippen molar-refractivity contribution >= 4 is 24.0 Å². The molecule has 1 N–H and O–H groups in total. The van der Waals surface area contributed by atoms with Crippen LogP contribution in [-0.4, -0.2) is 24.7 Å². The predicted octanol–water partition coefficient (Wildman–Crippen LogP) is 2.85. The summed E-state index contributed by atoms with van der Waals surface area (Å²) in [4.78, 5) is 16.3. The third-order valence-corrected chi connectivity index (χ3v) is 2.92. The van der Waals surface area contributed by atoms with Crippen LogP contribution in [0.1, 0.15) is 36.0 Å². The van der Waals surface area contributed by atoms with E-state index in [1.54, 1.807) is 0 Å². The van der Waals surface area contributed by atoms with Gasteiger partial charge in [-0.15, -0.1) is 12.4 Å². The van der Waals surface area contributed by atoms with Gasteiger partial charge >= 0.3 is 0 Å². The van der Waals surface area contributed by atoms with Crippen LogP contribution in [0.3, 0.4) is 0 Å². The van der Waals surface area contributed by atoms with Gasteiger partial charge in [0.25, 0.3) is 0 Å². The molecule has 0 radical (unpaired) electrons. The lowest BCUT2D eigenvalue weighted by Gasteiger charge is -2.07. The fraction of sp³-hybridized carbons (Fsp3) is 0.429. The monoisotopic (exact) mass is 266 g/mol. The Morgan fingerprint density at radius 2 is 1.94 bits per heavy atom. The number of benzene rings is 1. The molecule has 1 aromatic carbocycles. The minimum absolute atomic E-state index is 0. The summed E-state index contributed by atoms with van der Waals surface area (Å²) in [5, 5.41) is 3.16. The van der Waals surface area contributed by atoms with Gasteiger partial charge in [-0.05, 0) is 12.8 Å². The van der Waals surface area contributed by atoms with Crippen LogP contribution in [0.5, 0.6) is 0 Å². The molecule has 98 valence electrons. The number of carbonyl (C=O) groups excluding carboxylic acids is 1. The fourth-order valence-electron chi connectivity index (χ4n) is 1.93. The summed E-state index contributed by atoms with van der Waals surface area (Å²) in [6.45, 7) is 1.24. The Bertz CT molecular complexity index is 404. The number of hydrogen-bond donors (Lipinski definition) is 1. The second kappa shape index (κ2) is 7.88. The summed E-state index contributed by atoms with van der Waals surface area (Å²) in [6.07, 6.45) is 4.55. The van der Waals surface area contributed by atoms with Gasteiger partial charge in [0, 0.05) is 18.5 Å². The van der Waals surface area contributed by atoms with E-state index in [1.165, 1.54) is 12.8 Å². The van der Waals surface area contributed by atoms with Crippen LogP contribution in [0.25, 0.3) is 0 Å². The number of halogens is 1. The average Bonchev–Trinajstić information content (AvgIpc) is 2.65. The molecule has 0 amide bonds. The van der Waals surface area contributed by atoms with Gasteiger partial charge in [-0.1, -0.05) is 36.8 Å². The van der Waals surface area contributed by atoms with Crippen LogP contribution in [0, 0.1) is 0 Å². The number of ketones is 1. The molecule has 3 nitrogen and oxygen atoms in total. The number of Topliss-reactive ketones (excluding diaryl/α,β-unsaturated/α-hetero) is 1. The summed E-state index contributed by atoms with van der Waals surface area (Å²) in [7, 11) is 0. The molecule has 0 unspecified atom stereocenters. The molecular formula is C14H19ClN2O. The molecule has 1 aromatic rings. The molecule has 1 aliphatic heterocycles. The molecule has 1 heterocycles. The number of aliphatic imine (C=N–C) groups is 1. The molecule has 4 heteroatoms. The average molecular weight is 267 g/mol. The van der Waals surface area contributed by atoms with Gasteiger partial charge in [0.2, 0.25) is 0 Å². The maximum atomic E-state index is 11.9. The summed E-state index contributed by atoms with van der Waals surface area (Å²) in [6, 6.07) is 9.38. The first-order valence-electron chi connectivity index (χ1n) is 6.22. The maximum absolute atomic E-state index is 11.9. The molecule has 2 rings (SSSR count). The van der Waals surface area contributed by atoms with Crippen LogP contribution in [0.2, 0.25) is 0 Å². The van der Waals surface area contributed by atoms with Crippen molar-refractivity contribution < 1.29 is 4.79 Å². The molecule has 1 aliphatic rings. The Kier molecular flexibility index (Phi) is 6.44. The topological polar surface area (TPSA) is 41.5 Å². The quantitative estimate of drug-likeness (QED) is 0.855. The largest absolute Gasteiger partial charge is 0.366 e. The van der Waals surface area contributed by atoms with Crippen LogP contribution < -0.4 is 5.32 Å².